The minimum absolute atomic E-state index is 0.151. The lowest BCUT2D eigenvalue weighted by Gasteiger charge is -2.09. The molecule has 1 heterocycles. The highest BCUT2D eigenvalue weighted by atomic mass is 32.2. The summed E-state index contributed by atoms with van der Waals surface area (Å²) in [5, 5.41) is 0. The van der Waals surface area contributed by atoms with E-state index in [2.05, 4.69) is 4.98 Å². The van der Waals surface area contributed by atoms with E-state index in [0.29, 0.717) is 11.3 Å². The Hall–Kier alpha value is -1.88. The van der Waals surface area contributed by atoms with Crippen molar-refractivity contribution in [1.82, 2.24) is 4.98 Å². The molecule has 5 heteroatoms. The van der Waals surface area contributed by atoms with Crippen LogP contribution in [0.4, 0.5) is 0 Å². The standard InChI is InChI=1S/C15H17NO3S/c1-9-5-6-13(8-10(9)2)20(18,19)14-11(3)7-12(4)16-15(14)17/h5-8H,1-4H3,(H,16,17). The number of rotatable bonds is 2. The third kappa shape index (κ3) is 2.41. The molecule has 0 bridgehead atoms. The van der Waals surface area contributed by atoms with Crippen molar-refractivity contribution in [2.45, 2.75) is 37.5 Å². The normalized spacial score (nSPS) is 11.6. The average Bonchev–Trinajstić information content (AvgIpc) is 2.30. The zero-order valence-corrected chi connectivity index (χ0v) is 12.8. The van der Waals surface area contributed by atoms with Crippen molar-refractivity contribution in [2.24, 2.45) is 0 Å². The number of sulfone groups is 1. The molecule has 0 unspecified atom stereocenters. The van der Waals surface area contributed by atoms with Crippen LogP contribution in [0.3, 0.4) is 0 Å². The predicted octanol–water partition coefficient (Wildman–Crippen LogP) is 2.44. The van der Waals surface area contributed by atoms with Gasteiger partial charge < -0.3 is 4.98 Å². The van der Waals surface area contributed by atoms with E-state index in [4.69, 9.17) is 0 Å². The summed E-state index contributed by atoms with van der Waals surface area (Å²) in [7, 11) is -3.80. The molecule has 1 aromatic carbocycles. The first-order valence-corrected chi connectivity index (χ1v) is 7.74. The second kappa shape index (κ2) is 4.90. The molecule has 20 heavy (non-hydrogen) atoms. The Morgan fingerprint density at radius 1 is 0.900 bits per heavy atom. The average molecular weight is 291 g/mol. The predicted molar refractivity (Wildman–Crippen MR) is 77.9 cm³/mol. The van der Waals surface area contributed by atoms with Crippen LogP contribution in [0.5, 0.6) is 0 Å². The molecule has 0 atom stereocenters. The van der Waals surface area contributed by atoms with Crippen LogP contribution in [0.2, 0.25) is 0 Å². The Morgan fingerprint density at radius 2 is 1.55 bits per heavy atom. The fourth-order valence-electron chi connectivity index (χ4n) is 2.17. The van der Waals surface area contributed by atoms with Crippen molar-refractivity contribution < 1.29 is 8.42 Å². The number of pyridine rings is 1. The van der Waals surface area contributed by atoms with Crippen molar-refractivity contribution >= 4 is 9.84 Å². The van der Waals surface area contributed by atoms with Gasteiger partial charge in [0.05, 0.1) is 4.90 Å². The van der Waals surface area contributed by atoms with Gasteiger partial charge in [-0.15, -0.1) is 0 Å². The van der Waals surface area contributed by atoms with Gasteiger partial charge in [-0.2, -0.15) is 0 Å². The lowest BCUT2D eigenvalue weighted by Crippen LogP contribution is -2.20. The third-order valence-corrected chi connectivity index (χ3v) is 5.28. The fraction of sp³-hybridized carbons (Fsp3) is 0.267. The molecule has 0 aliphatic heterocycles. The molecular weight excluding hydrogens is 274 g/mol. The number of hydrogen-bond acceptors (Lipinski definition) is 3. The summed E-state index contributed by atoms with van der Waals surface area (Å²) in [4.78, 5) is 14.5. The van der Waals surface area contributed by atoms with E-state index in [-0.39, 0.29) is 9.79 Å². The third-order valence-electron chi connectivity index (χ3n) is 3.37. The monoisotopic (exact) mass is 291 g/mol. The highest BCUT2D eigenvalue weighted by Crippen LogP contribution is 2.23. The van der Waals surface area contributed by atoms with Gasteiger partial charge in [0.2, 0.25) is 9.84 Å². The largest absolute Gasteiger partial charge is 0.325 e. The first kappa shape index (κ1) is 14.5. The van der Waals surface area contributed by atoms with Gasteiger partial charge in [0, 0.05) is 5.69 Å². The SMILES string of the molecule is Cc1cc(C)c(S(=O)(=O)c2ccc(C)c(C)c2)c(=O)[nH]1. The summed E-state index contributed by atoms with van der Waals surface area (Å²) in [6, 6.07) is 6.55. The van der Waals surface area contributed by atoms with E-state index in [1.165, 1.54) is 6.07 Å². The highest BCUT2D eigenvalue weighted by Gasteiger charge is 2.24. The number of hydrogen-bond donors (Lipinski definition) is 1. The second-order valence-corrected chi connectivity index (χ2v) is 6.93. The maximum absolute atomic E-state index is 12.6. The molecule has 0 saturated heterocycles. The van der Waals surface area contributed by atoms with E-state index < -0.39 is 15.4 Å². The van der Waals surface area contributed by atoms with Crippen molar-refractivity contribution in [2.75, 3.05) is 0 Å². The lowest BCUT2D eigenvalue weighted by molar-refractivity contribution is 0.594. The van der Waals surface area contributed by atoms with Gasteiger partial charge in [-0.3, -0.25) is 4.79 Å². The summed E-state index contributed by atoms with van der Waals surface area (Å²) in [6.45, 7) is 7.12. The van der Waals surface area contributed by atoms with E-state index in [0.717, 1.165) is 11.1 Å². The van der Waals surface area contributed by atoms with Crippen molar-refractivity contribution in [3.8, 4) is 0 Å². The van der Waals surface area contributed by atoms with E-state index in [1.807, 2.05) is 13.8 Å². The quantitative estimate of drug-likeness (QED) is 0.924. The van der Waals surface area contributed by atoms with Crippen molar-refractivity contribution in [1.29, 1.82) is 0 Å². The number of nitrogens with one attached hydrogen (secondary N) is 1. The number of aromatic nitrogens is 1. The van der Waals surface area contributed by atoms with Crippen LogP contribution in [0.25, 0.3) is 0 Å². The van der Waals surface area contributed by atoms with E-state index in [1.54, 1.807) is 32.0 Å². The first-order chi connectivity index (χ1) is 9.23. The Labute approximate surface area is 118 Å². The molecule has 0 fully saturated rings. The molecule has 2 aromatic rings. The molecule has 0 amide bonds. The van der Waals surface area contributed by atoms with Crippen LogP contribution in [0.1, 0.15) is 22.4 Å². The number of aryl methyl sites for hydroxylation is 4. The van der Waals surface area contributed by atoms with Crippen LogP contribution in [0.15, 0.2) is 38.9 Å². The maximum atomic E-state index is 12.6. The molecule has 0 aliphatic rings. The Morgan fingerprint density at radius 3 is 2.10 bits per heavy atom. The van der Waals surface area contributed by atoms with Crippen LogP contribution >= 0.6 is 0 Å². The Kier molecular flexibility index (Phi) is 3.56. The number of H-pyrrole nitrogens is 1. The number of aromatic amines is 1. The molecule has 106 valence electrons. The molecule has 0 saturated carbocycles. The van der Waals surface area contributed by atoms with Crippen LogP contribution < -0.4 is 5.56 Å². The van der Waals surface area contributed by atoms with Gasteiger partial charge in [-0.1, -0.05) is 6.07 Å². The topological polar surface area (TPSA) is 67.0 Å². The zero-order valence-electron chi connectivity index (χ0n) is 11.9. The smallest absolute Gasteiger partial charge is 0.267 e. The van der Waals surface area contributed by atoms with Gasteiger partial charge in [-0.05, 0) is 62.6 Å². The van der Waals surface area contributed by atoms with Crippen molar-refractivity contribution in [3.05, 3.63) is 57.0 Å². The van der Waals surface area contributed by atoms with Crippen LogP contribution in [-0.4, -0.2) is 13.4 Å². The second-order valence-electron chi connectivity index (χ2n) is 5.04. The van der Waals surface area contributed by atoms with Gasteiger partial charge in [0.25, 0.3) is 5.56 Å². The molecule has 0 spiro atoms. The van der Waals surface area contributed by atoms with Gasteiger partial charge in [0.1, 0.15) is 4.90 Å². The minimum atomic E-state index is -3.80. The summed E-state index contributed by atoms with van der Waals surface area (Å²) in [5.74, 6) is 0. The molecule has 2 rings (SSSR count). The molecule has 4 nitrogen and oxygen atoms in total. The van der Waals surface area contributed by atoms with Gasteiger partial charge >= 0.3 is 0 Å². The molecule has 1 N–H and O–H groups in total. The summed E-state index contributed by atoms with van der Waals surface area (Å²) in [5.41, 5.74) is 2.43. The molecule has 0 aliphatic carbocycles. The molecule has 1 aromatic heterocycles. The fourth-order valence-corrected chi connectivity index (χ4v) is 3.77. The van der Waals surface area contributed by atoms with Gasteiger partial charge in [-0.25, -0.2) is 8.42 Å². The maximum Gasteiger partial charge on any atom is 0.267 e. The molecular formula is C15H17NO3S. The molecule has 0 radical (unpaired) electrons. The number of benzene rings is 1. The van der Waals surface area contributed by atoms with E-state index in [9.17, 15) is 13.2 Å². The zero-order chi connectivity index (χ0) is 15.1. The highest BCUT2D eigenvalue weighted by molar-refractivity contribution is 7.91. The summed E-state index contributed by atoms with van der Waals surface area (Å²) in [6.07, 6.45) is 0. The Bertz CT molecular complexity index is 833. The van der Waals surface area contributed by atoms with Crippen LogP contribution in [0, 0.1) is 27.7 Å². The summed E-state index contributed by atoms with van der Waals surface area (Å²) >= 11 is 0. The van der Waals surface area contributed by atoms with Gasteiger partial charge in [0.15, 0.2) is 0 Å². The lowest BCUT2D eigenvalue weighted by atomic mass is 10.1. The summed E-state index contributed by atoms with van der Waals surface area (Å²) < 4.78 is 25.3. The minimum Gasteiger partial charge on any atom is -0.325 e. The van der Waals surface area contributed by atoms with Crippen LogP contribution in [-0.2, 0) is 9.84 Å². The first-order valence-electron chi connectivity index (χ1n) is 6.26. The van der Waals surface area contributed by atoms with Crippen molar-refractivity contribution in [3.63, 3.8) is 0 Å². The van der Waals surface area contributed by atoms with E-state index >= 15 is 0 Å². The Balaban J connectivity index is 2.73.